The van der Waals surface area contributed by atoms with Gasteiger partial charge in [0.15, 0.2) is 0 Å². The van der Waals surface area contributed by atoms with Gasteiger partial charge in [-0.25, -0.2) is 73.1 Å². The van der Waals surface area contributed by atoms with Gasteiger partial charge < -0.3 is 57.5 Å². The largest absolute Gasteiger partial charge is 0.867 e. The molecule has 0 aromatic carbocycles. The van der Waals surface area contributed by atoms with Crippen LogP contribution >= 0.6 is 0 Å². The van der Waals surface area contributed by atoms with Crippen LogP contribution < -0.4 is 76.7 Å². The Morgan fingerprint density at radius 2 is 0.243 bits per heavy atom. The smallest absolute Gasteiger partial charge is 0.253 e. The van der Waals surface area contributed by atoms with Crippen molar-refractivity contribution in [3.05, 3.63) is 146 Å². The van der Waals surface area contributed by atoms with E-state index in [1.54, 1.807) is 0 Å². The number of aryl methyl sites for hydroxylation is 16. The summed E-state index contributed by atoms with van der Waals surface area (Å²) in [6.07, 6.45) is 101. The molecule has 8 aromatic rings. The molecular weight excluding hydrogens is 1720 g/mol. The molecule has 0 aliphatic heterocycles. The number of aromatic nitrogens is 16. The summed E-state index contributed by atoms with van der Waals surface area (Å²) in [6, 6.07) is 0. The van der Waals surface area contributed by atoms with Gasteiger partial charge in [-0.05, 0) is 103 Å². The normalized spacial score (nSPS) is 10.4. The molecule has 136 heavy (non-hydrogen) atoms. The van der Waals surface area contributed by atoms with E-state index >= 15 is 0 Å². The van der Waals surface area contributed by atoms with Crippen LogP contribution in [-0.4, -0.2) is 66.1 Å². The Morgan fingerprint density at radius 1 is 0.169 bits per heavy atom. The zero-order chi connectivity index (χ0) is 103. The molecule has 8 heterocycles. The average molecular weight is 1920 g/mol. The lowest BCUT2D eigenvalue weighted by atomic mass is 10.1. The number of imidazole rings is 8. The zero-order valence-corrected chi connectivity index (χ0v) is 91.1. The van der Waals surface area contributed by atoms with Crippen molar-refractivity contribution < 1.29 is 94.0 Å². The van der Waals surface area contributed by atoms with Gasteiger partial charge >= 0.3 is 0 Å². The summed E-state index contributed by atoms with van der Waals surface area (Å²) in [5.41, 5.74) is 0. The third-order valence-corrected chi connectivity index (χ3v) is 25.2. The second-order valence-electron chi connectivity index (χ2n) is 36.4. The zero-order valence-electron chi connectivity index (χ0n) is 91.1. The predicted octanol–water partition coefficient (Wildman–Crippen LogP) is 14.5. The summed E-state index contributed by atoms with van der Waals surface area (Å²) in [5.74, 6) is 10.8. The van der Waals surface area contributed by atoms with E-state index in [1.165, 1.54) is 407 Å². The van der Waals surface area contributed by atoms with E-state index in [9.17, 15) is 17.3 Å². The fourth-order valence-electron chi connectivity index (χ4n) is 15.2. The molecule has 0 saturated carbocycles. The van der Waals surface area contributed by atoms with Crippen LogP contribution in [0, 0.1) is 55.4 Å². The highest BCUT2D eigenvalue weighted by Gasteiger charge is 2.15. The molecule has 8 aromatic heterocycles. The first-order chi connectivity index (χ1) is 65.0. The summed E-state index contributed by atoms with van der Waals surface area (Å²) < 4.78 is 75.8. The fraction of sp³-hybridized carbons (Fsp3) is 0.769. The van der Waals surface area contributed by atoms with Crippen molar-refractivity contribution in [3.8, 4) is 0 Å². The molecule has 24 nitrogen and oxygen atoms in total. The molecule has 0 unspecified atom stereocenters. The predicted molar refractivity (Wildman–Crippen MR) is 537 cm³/mol. The molecule has 0 bridgehead atoms. The molecule has 0 saturated heterocycles. The second-order valence-corrected chi connectivity index (χ2v) is 36.4. The number of nitrogens with zero attached hydrogens (tertiary/aromatic N) is 16. The number of hydrogen-bond donors (Lipinski definition) is 0. The molecule has 0 aliphatic carbocycles. The molecule has 0 amide bonds. The van der Waals surface area contributed by atoms with Gasteiger partial charge in [-0.15, -0.1) is 0 Å². The number of halogens is 4. The molecule has 0 spiro atoms. The number of rotatable bonds is 56. The Labute approximate surface area is 829 Å². The van der Waals surface area contributed by atoms with Gasteiger partial charge in [-0.3, -0.25) is 0 Å². The molecular formula is C104H200B4F4N16O8. The first-order valence-electron chi connectivity index (χ1n) is 52.9. The SMILES string of the molecule is CCCCCCCCn1cc[n+](C)c1C.CCCCCCCCn1cc[n+](C)c1C.CCCCCCCCn1cc[n+](C)c1C.CCCCCCCCn1cc[n+](C)c1C.CCCCCCCCn1cc[n+](C)c1C.CCCCCCCCn1cc[n+](C)c1C.CCCCCCCCn1cc[n+](C)c1C.CCCCCCCCn1cc[n+](C)c1C.[O-]B([O-])F.[O-]B([O-])F.[O-]B([O-])F.[O-]B([O-])F. The average Bonchev–Trinajstić information content (AvgIpc) is 1.80. The van der Waals surface area contributed by atoms with Gasteiger partial charge in [0.2, 0.25) is 0 Å². The van der Waals surface area contributed by atoms with E-state index in [0.29, 0.717) is 0 Å². The first kappa shape index (κ1) is 136. The molecule has 784 valence electrons. The van der Waals surface area contributed by atoms with Crippen molar-refractivity contribution in [2.75, 3.05) is 0 Å². The van der Waals surface area contributed by atoms with Crippen LogP contribution in [-0.2, 0) is 109 Å². The second kappa shape index (κ2) is 93.3. The van der Waals surface area contributed by atoms with Crippen molar-refractivity contribution >= 4 is 29.6 Å². The molecule has 0 N–H and O–H groups in total. The summed E-state index contributed by atoms with van der Waals surface area (Å²) in [4.78, 5) is 0. The van der Waals surface area contributed by atoms with E-state index in [2.05, 4.69) is 339 Å². The van der Waals surface area contributed by atoms with E-state index in [4.69, 9.17) is 40.2 Å². The van der Waals surface area contributed by atoms with Gasteiger partial charge in [0, 0.05) is 55.4 Å². The van der Waals surface area contributed by atoms with E-state index < -0.39 is 29.6 Å². The number of hydrogen-bond acceptors (Lipinski definition) is 8. The molecule has 32 heteroatoms. The molecule has 0 atom stereocenters. The third-order valence-electron chi connectivity index (χ3n) is 25.2. The standard InChI is InChI=1S/8C13H25N2.4BFO2/c8*1-4-5-6-7-8-9-10-15-12-11-14(3)13(15)2;4*2-1(3)4/h8*11-12H,4-10H2,1-3H3;;;;/q8*+1;4*-2. The van der Waals surface area contributed by atoms with Crippen LogP contribution in [0.1, 0.15) is 410 Å². The lowest BCUT2D eigenvalue weighted by Gasteiger charge is -2.09. The quantitative estimate of drug-likeness (QED) is 0.0153. The third kappa shape index (κ3) is 78.1. The monoisotopic (exact) mass is 1920 g/mol. The molecule has 0 aliphatic rings. The first-order valence-corrected chi connectivity index (χ1v) is 52.9. The van der Waals surface area contributed by atoms with E-state index in [0.717, 1.165) is 0 Å². The van der Waals surface area contributed by atoms with Crippen LogP contribution in [0.3, 0.4) is 0 Å². The van der Waals surface area contributed by atoms with Crippen LogP contribution in [0.25, 0.3) is 0 Å². The Hall–Kier alpha value is -6.66. The van der Waals surface area contributed by atoms with Gasteiger partial charge in [-0.1, -0.05) is 261 Å². The highest BCUT2D eigenvalue weighted by molar-refractivity contribution is 6.27. The van der Waals surface area contributed by atoms with Crippen molar-refractivity contribution in [2.45, 2.75) is 471 Å². The lowest BCUT2D eigenvalue weighted by Crippen LogP contribution is -2.39. The van der Waals surface area contributed by atoms with Gasteiger partial charge in [0.25, 0.3) is 46.6 Å². The van der Waals surface area contributed by atoms with Gasteiger partial charge in [-0.2, -0.15) is 0 Å². The van der Waals surface area contributed by atoms with Gasteiger partial charge in [0.1, 0.15) is 129 Å². The Kier molecular flexibility index (Phi) is 93.0. The minimum Gasteiger partial charge on any atom is -0.867 e. The Bertz CT molecular complexity index is 3180. The highest BCUT2D eigenvalue weighted by atomic mass is 19.1. The molecule has 0 fully saturated rings. The van der Waals surface area contributed by atoms with Gasteiger partial charge in [0.05, 0.1) is 109 Å². The van der Waals surface area contributed by atoms with E-state index in [-0.39, 0.29) is 0 Å². The topological polar surface area (TPSA) is 255 Å². The maximum atomic E-state index is 9.89. The minimum atomic E-state index is -3.17. The van der Waals surface area contributed by atoms with Crippen molar-refractivity contribution in [3.63, 3.8) is 0 Å². The molecule has 0 radical (unpaired) electrons. The van der Waals surface area contributed by atoms with Crippen LogP contribution in [0.4, 0.5) is 17.3 Å². The van der Waals surface area contributed by atoms with E-state index in [1.807, 2.05) is 0 Å². The molecule has 8 rings (SSSR count). The van der Waals surface area contributed by atoms with Crippen LogP contribution in [0.5, 0.6) is 0 Å². The summed E-state index contributed by atoms with van der Waals surface area (Å²) in [5, 5.41) is 66.4. The maximum absolute atomic E-state index is 9.89. The van der Waals surface area contributed by atoms with Crippen molar-refractivity contribution in [1.82, 2.24) is 36.5 Å². The summed E-state index contributed by atoms with van der Waals surface area (Å²) >= 11 is 0. The van der Waals surface area contributed by atoms with Crippen molar-refractivity contribution in [2.24, 2.45) is 56.4 Å². The fourth-order valence-corrected chi connectivity index (χ4v) is 15.2. The number of unbranched alkanes of at least 4 members (excludes halogenated alkanes) is 40. The van der Waals surface area contributed by atoms with Crippen LogP contribution in [0.15, 0.2) is 99.1 Å². The summed E-state index contributed by atoms with van der Waals surface area (Å²) in [7, 11) is 4.17. The van der Waals surface area contributed by atoms with Crippen LogP contribution in [0.2, 0.25) is 0 Å². The Morgan fingerprint density at radius 3 is 0.309 bits per heavy atom. The highest BCUT2D eigenvalue weighted by Crippen LogP contribution is 2.15. The lowest BCUT2D eigenvalue weighted by molar-refractivity contribution is -0.677. The maximum Gasteiger partial charge on any atom is 0.253 e. The summed E-state index contributed by atoms with van der Waals surface area (Å²) in [6.45, 7) is 45.0. The Balaban J connectivity index is -0.000000715. The minimum absolute atomic E-state index is 1.18. The van der Waals surface area contributed by atoms with Crippen molar-refractivity contribution in [1.29, 1.82) is 0 Å².